The highest BCUT2D eigenvalue weighted by atomic mass is 32.1. The Hall–Kier alpha value is -2.25. The molecule has 4 aromatic rings. The van der Waals surface area contributed by atoms with E-state index in [1.165, 1.54) is 16.9 Å². The van der Waals surface area contributed by atoms with Crippen molar-refractivity contribution in [1.82, 2.24) is 15.1 Å². The maximum Gasteiger partial charge on any atom is 0.270 e. The SMILES string of the molecule is Cc1nc2sc(-c3nc(-c4cccs4)no3)c(N)c2c(C)c1C. The number of aryl methyl sites for hydroxylation is 2. The van der Waals surface area contributed by atoms with Crippen LogP contribution in [0.1, 0.15) is 16.8 Å². The summed E-state index contributed by atoms with van der Waals surface area (Å²) in [5, 5.41) is 7.03. The van der Waals surface area contributed by atoms with E-state index in [1.54, 1.807) is 11.3 Å². The molecule has 0 spiro atoms. The summed E-state index contributed by atoms with van der Waals surface area (Å²) >= 11 is 3.07. The molecule has 0 saturated heterocycles. The van der Waals surface area contributed by atoms with Gasteiger partial charge >= 0.3 is 0 Å². The topological polar surface area (TPSA) is 77.8 Å². The zero-order chi connectivity index (χ0) is 16.1. The number of fused-ring (bicyclic) bond motifs is 1. The predicted octanol–water partition coefficient (Wildman–Crippen LogP) is 4.58. The van der Waals surface area contributed by atoms with Crippen molar-refractivity contribution in [2.45, 2.75) is 20.8 Å². The predicted molar refractivity (Wildman–Crippen MR) is 94.8 cm³/mol. The van der Waals surface area contributed by atoms with Gasteiger partial charge in [0.2, 0.25) is 5.82 Å². The summed E-state index contributed by atoms with van der Waals surface area (Å²) in [7, 11) is 0. The van der Waals surface area contributed by atoms with E-state index in [1.807, 2.05) is 24.4 Å². The number of hydrogen-bond donors (Lipinski definition) is 1. The first kappa shape index (κ1) is 14.3. The van der Waals surface area contributed by atoms with E-state index in [2.05, 4.69) is 29.0 Å². The molecule has 0 radical (unpaired) electrons. The van der Waals surface area contributed by atoms with Gasteiger partial charge in [-0.2, -0.15) is 4.98 Å². The molecule has 2 N–H and O–H groups in total. The van der Waals surface area contributed by atoms with Gasteiger partial charge in [0.05, 0.1) is 10.6 Å². The van der Waals surface area contributed by atoms with Gasteiger partial charge in [-0.05, 0) is 43.3 Å². The van der Waals surface area contributed by atoms with E-state index in [0.29, 0.717) is 17.4 Å². The standard InChI is InChI=1S/C16H14N4OS2/c1-7-8(2)11-12(17)13(23-16(11)18-9(7)3)15-19-14(20-21-15)10-5-4-6-22-10/h4-6H,17H2,1-3H3. The van der Waals surface area contributed by atoms with Crippen LogP contribution in [-0.2, 0) is 0 Å². The van der Waals surface area contributed by atoms with Gasteiger partial charge in [-0.25, -0.2) is 4.98 Å². The second-order valence-corrected chi connectivity index (χ2v) is 7.32. The Labute approximate surface area is 140 Å². The number of hydrogen-bond acceptors (Lipinski definition) is 7. The highest BCUT2D eigenvalue weighted by Gasteiger charge is 2.21. The summed E-state index contributed by atoms with van der Waals surface area (Å²) in [6, 6.07) is 3.93. The van der Waals surface area contributed by atoms with Crippen LogP contribution < -0.4 is 5.73 Å². The molecule has 7 heteroatoms. The van der Waals surface area contributed by atoms with Crippen molar-refractivity contribution in [1.29, 1.82) is 0 Å². The summed E-state index contributed by atoms with van der Waals surface area (Å²) in [5.41, 5.74) is 10.4. The molecule has 0 bridgehead atoms. The molecule has 4 rings (SSSR count). The molecule has 116 valence electrons. The van der Waals surface area contributed by atoms with Gasteiger partial charge < -0.3 is 10.3 Å². The minimum atomic E-state index is 0.448. The maximum absolute atomic E-state index is 6.36. The molecule has 0 aliphatic carbocycles. The van der Waals surface area contributed by atoms with Crippen molar-refractivity contribution in [3.8, 4) is 21.5 Å². The molecule has 0 unspecified atom stereocenters. The molecule has 0 amide bonds. The molecule has 0 aromatic carbocycles. The molecule has 5 nitrogen and oxygen atoms in total. The maximum atomic E-state index is 6.36. The second-order valence-electron chi connectivity index (χ2n) is 5.37. The fraction of sp³-hybridized carbons (Fsp3) is 0.188. The average molecular weight is 342 g/mol. The van der Waals surface area contributed by atoms with Crippen LogP contribution >= 0.6 is 22.7 Å². The Morgan fingerprint density at radius 1 is 1.13 bits per heavy atom. The lowest BCUT2D eigenvalue weighted by Gasteiger charge is -2.05. The first-order valence-electron chi connectivity index (χ1n) is 7.10. The Morgan fingerprint density at radius 3 is 2.70 bits per heavy atom. The molecule has 0 aliphatic rings. The van der Waals surface area contributed by atoms with Gasteiger partial charge in [-0.15, -0.1) is 22.7 Å². The number of aromatic nitrogens is 3. The molecule has 23 heavy (non-hydrogen) atoms. The molecule has 0 aliphatic heterocycles. The van der Waals surface area contributed by atoms with Crippen LogP contribution in [0.15, 0.2) is 22.0 Å². The van der Waals surface area contributed by atoms with Crippen molar-refractivity contribution >= 4 is 38.6 Å². The van der Waals surface area contributed by atoms with Gasteiger partial charge in [0.1, 0.15) is 9.71 Å². The molecular formula is C16H14N4OS2. The fourth-order valence-electron chi connectivity index (χ4n) is 2.55. The van der Waals surface area contributed by atoms with E-state index >= 15 is 0 Å². The lowest BCUT2D eigenvalue weighted by molar-refractivity contribution is 0.433. The number of nitrogens with two attached hydrogens (primary N) is 1. The van der Waals surface area contributed by atoms with Crippen LogP contribution in [-0.4, -0.2) is 15.1 Å². The number of nitrogen functional groups attached to an aromatic ring is 1. The summed E-state index contributed by atoms with van der Waals surface area (Å²) in [6.45, 7) is 6.15. The lowest BCUT2D eigenvalue weighted by Crippen LogP contribution is -1.93. The smallest absolute Gasteiger partial charge is 0.270 e. The van der Waals surface area contributed by atoms with E-state index in [9.17, 15) is 0 Å². The van der Waals surface area contributed by atoms with Crippen molar-refractivity contribution in [3.05, 3.63) is 34.3 Å². The van der Waals surface area contributed by atoms with Crippen LogP contribution in [0.5, 0.6) is 0 Å². The van der Waals surface area contributed by atoms with E-state index in [-0.39, 0.29) is 0 Å². The van der Waals surface area contributed by atoms with Gasteiger partial charge in [0.15, 0.2) is 0 Å². The number of pyridine rings is 1. The van der Waals surface area contributed by atoms with Crippen LogP contribution in [0.3, 0.4) is 0 Å². The minimum absolute atomic E-state index is 0.448. The quantitative estimate of drug-likeness (QED) is 0.577. The Kier molecular flexibility index (Phi) is 3.21. The second kappa shape index (κ2) is 5.14. The summed E-state index contributed by atoms with van der Waals surface area (Å²) in [6.07, 6.45) is 0. The van der Waals surface area contributed by atoms with Crippen LogP contribution in [0.25, 0.3) is 31.7 Å². The van der Waals surface area contributed by atoms with E-state index in [0.717, 1.165) is 31.2 Å². The zero-order valence-corrected chi connectivity index (χ0v) is 14.5. The van der Waals surface area contributed by atoms with Crippen LogP contribution in [0.4, 0.5) is 5.69 Å². The fourth-order valence-corrected chi connectivity index (χ4v) is 4.32. The monoisotopic (exact) mass is 342 g/mol. The highest BCUT2D eigenvalue weighted by Crippen LogP contribution is 2.42. The van der Waals surface area contributed by atoms with Gasteiger partial charge in [-0.1, -0.05) is 11.2 Å². The van der Waals surface area contributed by atoms with Crippen LogP contribution in [0, 0.1) is 20.8 Å². The summed E-state index contributed by atoms with van der Waals surface area (Å²) < 4.78 is 5.43. The summed E-state index contributed by atoms with van der Waals surface area (Å²) in [4.78, 5) is 11.8. The normalized spacial score (nSPS) is 11.4. The Bertz CT molecular complexity index is 1010. The third kappa shape index (κ3) is 2.15. The zero-order valence-electron chi connectivity index (χ0n) is 12.9. The van der Waals surface area contributed by atoms with Gasteiger partial charge in [0, 0.05) is 11.1 Å². The molecule has 4 heterocycles. The number of rotatable bonds is 2. The summed E-state index contributed by atoms with van der Waals surface area (Å²) in [5.74, 6) is 1.03. The highest BCUT2D eigenvalue weighted by molar-refractivity contribution is 7.22. The van der Waals surface area contributed by atoms with Crippen molar-refractivity contribution in [2.24, 2.45) is 0 Å². The lowest BCUT2D eigenvalue weighted by atomic mass is 10.1. The molecule has 0 saturated carbocycles. The Morgan fingerprint density at radius 2 is 1.96 bits per heavy atom. The first-order chi connectivity index (χ1) is 11.1. The average Bonchev–Trinajstić information content (AvgIpc) is 3.24. The van der Waals surface area contributed by atoms with Crippen molar-refractivity contribution in [2.75, 3.05) is 5.73 Å². The van der Waals surface area contributed by atoms with E-state index in [4.69, 9.17) is 10.3 Å². The molecule has 4 aromatic heterocycles. The first-order valence-corrected chi connectivity index (χ1v) is 8.79. The van der Waals surface area contributed by atoms with E-state index < -0.39 is 0 Å². The van der Waals surface area contributed by atoms with Gasteiger partial charge in [-0.3, -0.25) is 0 Å². The number of nitrogens with zero attached hydrogens (tertiary/aromatic N) is 3. The van der Waals surface area contributed by atoms with Crippen LogP contribution in [0.2, 0.25) is 0 Å². The minimum Gasteiger partial charge on any atom is -0.397 e. The third-order valence-electron chi connectivity index (χ3n) is 4.04. The Balaban J connectivity index is 1.90. The number of anilines is 1. The van der Waals surface area contributed by atoms with Crippen molar-refractivity contribution < 1.29 is 4.52 Å². The number of thiophene rings is 2. The molecular weight excluding hydrogens is 328 g/mol. The molecule has 0 atom stereocenters. The molecule has 0 fully saturated rings. The van der Waals surface area contributed by atoms with Crippen molar-refractivity contribution in [3.63, 3.8) is 0 Å². The largest absolute Gasteiger partial charge is 0.397 e. The third-order valence-corrected chi connectivity index (χ3v) is 5.99. The van der Waals surface area contributed by atoms with Gasteiger partial charge in [0.25, 0.3) is 5.89 Å².